The van der Waals surface area contributed by atoms with Crippen LogP contribution in [0.4, 0.5) is 10.6 Å². The van der Waals surface area contributed by atoms with Crippen molar-refractivity contribution in [3.8, 4) is 0 Å². The molecule has 2 aromatic heterocycles. The van der Waals surface area contributed by atoms with Crippen LogP contribution in [-0.4, -0.2) is 81.5 Å². The van der Waals surface area contributed by atoms with Crippen molar-refractivity contribution >= 4 is 35.3 Å². The number of nitrogens with two attached hydrogens (primary N) is 1. The number of esters is 2. The van der Waals surface area contributed by atoms with Crippen LogP contribution in [0.15, 0.2) is 18.5 Å². The molecule has 0 aliphatic carbocycles. The fraction of sp³-hybridized carbons (Fsp3) is 0.615. The van der Waals surface area contributed by atoms with Crippen molar-refractivity contribution in [3.63, 3.8) is 0 Å². The molecular formula is C26H37N5O10. The SMILES string of the molecule is CCCC(=O)Nc1ncnn2c([C@]3(C)O[C@H](COC(=O)[C@@H](N)C(C)(C)C)[C@@H](OC(=O)OCOC(C)=O)[C@H]3O)ccc12. The van der Waals surface area contributed by atoms with Gasteiger partial charge >= 0.3 is 18.1 Å². The Balaban J connectivity index is 1.90. The largest absolute Gasteiger partial charge is 0.511 e. The van der Waals surface area contributed by atoms with E-state index in [-0.39, 0.29) is 11.7 Å². The Morgan fingerprint density at radius 2 is 1.93 bits per heavy atom. The number of aliphatic hydroxyl groups is 1. The predicted molar refractivity (Wildman–Crippen MR) is 141 cm³/mol. The molecule has 5 atom stereocenters. The third-order valence-electron chi connectivity index (χ3n) is 6.58. The molecule has 4 N–H and O–H groups in total. The molecule has 0 unspecified atom stereocenters. The summed E-state index contributed by atoms with van der Waals surface area (Å²) in [5, 5.41) is 18.4. The summed E-state index contributed by atoms with van der Waals surface area (Å²) in [6.45, 7) is 8.74. The minimum absolute atomic E-state index is 0.227. The molecule has 1 aliphatic rings. The fourth-order valence-corrected chi connectivity index (χ4v) is 4.19. The molecular weight excluding hydrogens is 542 g/mol. The summed E-state index contributed by atoms with van der Waals surface area (Å²) in [6, 6.07) is 2.29. The number of hydrogen-bond acceptors (Lipinski definition) is 13. The molecule has 1 fully saturated rings. The molecule has 2 aromatic rings. The van der Waals surface area contributed by atoms with Crippen LogP contribution in [0.3, 0.4) is 0 Å². The summed E-state index contributed by atoms with van der Waals surface area (Å²) in [4.78, 5) is 52.3. The number of nitrogens with zero attached hydrogens (tertiary/aromatic N) is 3. The quantitative estimate of drug-likeness (QED) is 0.207. The lowest BCUT2D eigenvalue weighted by Gasteiger charge is -2.27. The first-order valence-electron chi connectivity index (χ1n) is 13.1. The number of aromatic nitrogens is 3. The first-order chi connectivity index (χ1) is 19.2. The zero-order valence-electron chi connectivity index (χ0n) is 23.9. The highest BCUT2D eigenvalue weighted by atomic mass is 16.8. The van der Waals surface area contributed by atoms with E-state index in [0.29, 0.717) is 24.1 Å². The molecule has 0 saturated carbocycles. The average Bonchev–Trinajstić information content (AvgIpc) is 3.43. The zero-order valence-corrected chi connectivity index (χ0v) is 23.9. The molecule has 0 spiro atoms. The van der Waals surface area contributed by atoms with E-state index in [4.69, 9.17) is 24.7 Å². The van der Waals surface area contributed by atoms with Crippen molar-refractivity contribution in [3.05, 3.63) is 24.2 Å². The summed E-state index contributed by atoms with van der Waals surface area (Å²) in [6.07, 6.45) is -3.15. The molecule has 1 amide bonds. The van der Waals surface area contributed by atoms with E-state index in [1.807, 2.05) is 6.92 Å². The Bertz CT molecular complexity index is 1280. The van der Waals surface area contributed by atoms with Crippen molar-refractivity contribution < 1.29 is 48.0 Å². The van der Waals surface area contributed by atoms with Gasteiger partial charge in [0, 0.05) is 13.3 Å². The van der Waals surface area contributed by atoms with Crippen molar-refractivity contribution in [1.29, 1.82) is 0 Å². The number of hydrogen-bond donors (Lipinski definition) is 3. The number of ether oxygens (including phenoxy) is 5. The Morgan fingerprint density at radius 3 is 2.56 bits per heavy atom. The van der Waals surface area contributed by atoms with Gasteiger partial charge in [0.05, 0.1) is 5.69 Å². The maximum atomic E-state index is 12.6. The molecule has 3 heterocycles. The number of fused-ring (bicyclic) bond motifs is 1. The van der Waals surface area contributed by atoms with Gasteiger partial charge in [-0.05, 0) is 30.9 Å². The van der Waals surface area contributed by atoms with Crippen LogP contribution in [-0.2, 0) is 43.7 Å². The van der Waals surface area contributed by atoms with Gasteiger partial charge in [0.1, 0.15) is 42.3 Å². The van der Waals surface area contributed by atoms with E-state index in [1.54, 1.807) is 39.8 Å². The number of anilines is 1. The van der Waals surface area contributed by atoms with Crippen LogP contribution in [0.5, 0.6) is 0 Å². The molecule has 0 aromatic carbocycles. The van der Waals surface area contributed by atoms with Crippen LogP contribution >= 0.6 is 0 Å². The van der Waals surface area contributed by atoms with E-state index in [0.717, 1.165) is 6.92 Å². The van der Waals surface area contributed by atoms with Gasteiger partial charge in [0.25, 0.3) is 0 Å². The second-order valence-corrected chi connectivity index (χ2v) is 10.8. The predicted octanol–water partition coefficient (Wildman–Crippen LogP) is 1.40. The van der Waals surface area contributed by atoms with E-state index >= 15 is 0 Å². The second kappa shape index (κ2) is 12.8. The maximum Gasteiger partial charge on any atom is 0.511 e. The third-order valence-corrected chi connectivity index (χ3v) is 6.58. The highest BCUT2D eigenvalue weighted by Crippen LogP contribution is 2.42. The summed E-state index contributed by atoms with van der Waals surface area (Å²) < 4.78 is 27.7. The number of carbonyl (C=O) groups is 4. The number of nitrogens with one attached hydrogen (secondary N) is 1. The number of aliphatic hydroxyl groups excluding tert-OH is 1. The van der Waals surface area contributed by atoms with Gasteiger partial charge in [0.2, 0.25) is 12.7 Å². The van der Waals surface area contributed by atoms with Gasteiger partial charge in [-0.1, -0.05) is 27.7 Å². The standard InChI is InChI=1S/C26H37N5O10/c1-7-8-18(33)30-22-15-9-10-17(31(15)29-12-28-22)26(6)21(34)19(40-24(36)39-13-38-14(2)32)16(41-26)11-37-23(35)20(27)25(3,4)5/h9-10,12,16,19-21,34H,7-8,11,13,27H2,1-6H3,(H,28,29,30,33)/t16-,19-,20-,21-,26+/m1/s1. The Kier molecular flexibility index (Phi) is 9.89. The molecule has 0 radical (unpaired) electrons. The van der Waals surface area contributed by atoms with Crippen LogP contribution in [0.1, 0.15) is 60.1 Å². The van der Waals surface area contributed by atoms with Gasteiger partial charge in [-0.15, -0.1) is 0 Å². The van der Waals surface area contributed by atoms with Crippen LogP contribution < -0.4 is 11.1 Å². The van der Waals surface area contributed by atoms with E-state index in [1.165, 1.54) is 10.8 Å². The molecule has 1 saturated heterocycles. The van der Waals surface area contributed by atoms with Crippen molar-refractivity contribution in [2.75, 3.05) is 18.7 Å². The zero-order chi connectivity index (χ0) is 30.5. The average molecular weight is 580 g/mol. The topological polar surface area (TPSA) is 203 Å². The molecule has 3 rings (SSSR count). The van der Waals surface area contributed by atoms with E-state index in [9.17, 15) is 24.3 Å². The summed E-state index contributed by atoms with van der Waals surface area (Å²) >= 11 is 0. The van der Waals surface area contributed by atoms with E-state index < -0.39 is 66.9 Å². The number of carbonyl (C=O) groups excluding carboxylic acids is 4. The van der Waals surface area contributed by atoms with Gasteiger partial charge in [-0.2, -0.15) is 5.10 Å². The number of amides is 1. The monoisotopic (exact) mass is 579 g/mol. The Labute approximate surface area is 236 Å². The lowest BCUT2D eigenvalue weighted by molar-refractivity contribution is -0.156. The van der Waals surface area contributed by atoms with E-state index in [2.05, 4.69) is 20.1 Å². The first kappa shape index (κ1) is 31.7. The molecule has 41 heavy (non-hydrogen) atoms. The first-order valence-corrected chi connectivity index (χ1v) is 13.1. The molecule has 0 bridgehead atoms. The minimum Gasteiger partial charge on any atom is -0.462 e. The Hall–Kier alpha value is -3.82. The molecule has 15 heteroatoms. The van der Waals surface area contributed by atoms with Gasteiger partial charge < -0.3 is 39.8 Å². The molecule has 15 nitrogen and oxygen atoms in total. The molecule has 226 valence electrons. The number of rotatable bonds is 10. The normalized spacial score (nSPS) is 23.1. The highest BCUT2D eigenvalue weighted by Gasteiger charge is 2.56. The highest BCUT2D eigenvalue weighted by molar-refractivity contribution is 5.93. The van der Waals surface area contributed by atoms with Gasteiger partial charge in [0.15, 0.2) is 11.9 Å². The van der Waals surface area contributed by atoms with Gasteiger partial charge in [-0.25, -0.2) is 14.3 Å². The Morgan fingerprint density at radius 1 is 1.22 bits per heavy atom. The summed E-state index contributed by atoms with van der Waals surface area (Å²) in [5.41, 5.74) is 4.61. The van der Waals surface area contributed by atoms with Crippen molar-refractivity contribution in [2.45, 2.75) is 84.3 Å². The lowest BCUT2D eigenvalue weighted by atomic mass is 9.87. The van der Waals surface area contributed by atoms with Gasteiger partial charge in [-0.3, -0.25) is 14.4 Å². The lowest BCUT2D eigenvalue weighted by Crippen LogP contribution is -2.45. The fourth-order valence-electron chi connectivity index (χ4n) is 4.19. The summed E-state index contributed by atoms with van der Waals surface area (Å²) in [5.74, 6) is -1.37. The van der Waals surface area contributed by atoms with Crippen LogP contribution in [0.25, 0.3) is 5.52 Å². The minimum atomic E-state index is -1.56. The van der Waals surface area contributed by atoms with Crippen molar-refractivity contribution in [1.82, 2.24) is 14.6 Å². The second-order valence-electron chi connectivity index (χ2n) is 10.8. The van der Waals surface area contributed by atoms with Crippen LogP contribution in [0.2, 0.25) is 0 Å². The maximum absolute atomic E-state index is 12.6. The van der Waals surface area contributed by atoms with Crippen LogP contribution in [0, 0.1) is 5.41 Å². The smallest absolute Gasteiger partial charge is 0.462 e. The summed E-state index contributed by atoms with van der Waals surface area (Å²) in [7, 11) is 0. The molecule has 1 aliphatic heterocycles. The third kappa shape index (κ3) is 7.28. The van der Waals surface area contributed by atoms with Crippen molar-refractivity contribution in [2.24, 2.45) is 11.1 Å².